The van der Waals surface area contributed by atoms with Gasteiger partial charge in [0, 0.05) is 29.5 Å². The minimum Gasteiger partial charge on any atom is -0.375 e. The first kappa shape index (κ1) is 10.8. The predicted octanol–water partition coefficient (Wildman–Crippen LogP) is 2.77. The van der Waals surface area contributed by atoms with Gasteiger partial charge in [-0.1, -0.05) is 0 Å². The van der Waals surface area contributed by atoms with Gasteiger partial charge in [0.15, 0.2) is 5.13 Å². The van der Waals surface area contributed by atoms with E-state index in [1.54, 1.807) is 0 Å². The lowest BCUT2D eigenvalue weighted by Gasteiger charge is -2.03. The SMILES string of the molecule is CC(C)n1cnc([C@@H]2C[C@H]2c2csc(N)n2)c1. The molecule has 1 fully saturated rings. The monoisotopic (exact) mass is 248 g/mol. The lowest BCUT2D eigenvalue weighted by Crippen LogP contribution is -1.95. The van der Waals surface area contributed by atoms with Crippen molar-refractivity contribution >= 4 is 16.5 Å². The van der Waals surface area contributed by atoms with E-state index in [2.05, 4.69) is 40.0 Å². The highest BCUT2D eigenvalue weighted by Crippen LogP contribution is 2.54. The molecule has 17 heavy (non-hydrogen) atoms. The molecule has 3 rings (SSSR count). The van der Waals surface area contributed by atoms with Gasteiger partial charge in [0.05, 0.1) is 17.7 Å². The summed E-state index contributed by atoms with van der Waals surface area (Å²) < 4.78 is 2.15. The van der Waals surface area contributed by atoms with E-state index in [0.717, 1.165) is 12.1 Å². The molecule has 0 amide bonds. The Hall–Kier alpha value is -1.36. The molecular formula is C12H16N4S. The number of nitrogens with zero attached hydrogens (tertiary/aromatic N) is 3. The van der Waals surface area contributed by atoms with Crippen molar-refractivity contribution < 1.29 is 0 Å². The van der Waals surface area contributed by atoms with Gasteiger partial charge in [-0.2, -0.15) is 0 Å². The highest BCUT2D eigenvalue weighted by Gasteiger charge is 2.42. The molecule has 2 atom stereocenters. The summed E-state index contributed by atoms with van der Waals surface area (Å²) in [6.07, 6.45) is 5.23. The zero-order valence-corrected chi connectivity index (χ0v) is 10.8. The minimum absolute atomic E-state index is 0.475. The smallest absolute Gasteiger partial charge is 0.180 e. The summed E-state index contributed by atoms with van der Waals surface area (Å²) in [5.74, 6) is 1.07. The van der Waals surface area contributed by atoms with Crippen LogP contribution in [-0.2, 0) is 0 Å². The number of imidazole rings is 1. The number of aromatic nitrogens is 3. The number of nitrogen functional groups attached to an aromatic ring is 1. The van der Waals surface area contributed by atoms with Gasteiger partial charge < -0.3 is 10.3 Å². The second kappa shape index (κ2) is 3.84. The summed E-state index contributed by atoms with van der Waals surface area (Å²) in [6.45, 7) is 4.33. The van der Waals surface area contributed by atoms with Crippen molar-refractivity contribution in [2.45, 2.75) is 38.1 Å². The molecule has 2 N–H and O–H groups in total. The van der Waals surface area contributed by atoms with E-state index >= 15 is 0 Å². The molecule has 0 radical (unpaired) electrons. The summed E-state index contributed by atoms with van der Waals surface area (Å²) in [5.41, 5.74) is 7.99. The maximum absolute atomic E-state index is 5.66. The molecule has 0 spiro atoms. The Kier molecular flexibility index (Phi) is 2.43. The van der Waals surface area contributed by atoms with Crippen LogP contribution in [0, 0.1) is 0 Å². The minimum atomic E-state index is 0.475. The van der Waals surface area contributed by atoms with Crippen LogP contribution in [0.25, 0.3) is 0 Å². The zero-order chi connectivity index (χ0) is 12.0. The van der Waals surface area contributed by atoms with E-state index in [1.807, 2.05) is 6.33 Å². The number of rotatable bonds is 3. The van der Waals surface area contributed by atoms with Crippen molar-refractivity contribution in [3.05, 3.63) is 29.3 Å². The average Bonchev–Trinajstić information content (AvgIpc) is 2.75. The van der Waals surface area contributed by atoms with Crippen LogP contribution in [0.3, 0.4) is 0 Å². The van der Waals surface area contributed by atoms with Crippen molar-refractivity contribution in [3.8, 4) is 0 Å². The molecule has 0 saturated heterocycles. The first-order valence-corrected chi connectivity index (χ1v) is 6.77. The Morgan fingerprint density at radius 1 is 1.41 bits per heavy atom. The number of hydrogen-bond donors (Lipinski definition) is 1. The molecule has 2 aromatic heterocycles. The molecule has 90 valence electrons. The molecule has 2 aromatic rings. The molecule has 1 aliphatic rings. The van der Waals surface area contributed by atoms with Gasteiger partial charge in [-0.3, -0.25) is 0 Å². The number of hydrogen-bond acceptors (Lipinski definition) is 4. The average molecular weight is 248 g/mol. The quantitative estimate of drug-likeness (QED) is 0.908. The van der Waals surface area contributed by atoms with Gasteiger partial charge >= 0.3 is 0 Å². The molecule has 2 heterocycles. The molecule has 1 saturated carbocycles. The fourth-order valence-corrected chi connectivity index (χ4v) is 2.77. The fraction of sp³-hybridized carbons (Fsp3) is 0.500. The zero-order valence-electron chi connectivity index (χ0n) is 10.00. The van der Waals surface area contributed by atoms with E-state index in [4.69, 9.17) is 5.73 Å². The highest BCUT2D eigenvalue weighted by molar-refractivity contribution is 7.13. The molecule has 0 aromatic carbocycles. The van der Waals surface area contributed by atoms with E-state index in [0.29, 0.717) is 23.0 Å². The summed E-state index contributed by atoms with van der Waals surface area (Å²) >= 11 is 1.52. The standard InChI is InChI=1S/C12H16N4S/c1-7(2)16-4-10(14-6-16)8-3-9(8)11-5-17-12(13)15-11/h4-9H,3H2,1-2H3,(H2,13,15)/t8-,9-/m1/s1. The summed E-state index contributed by atoms with van der Waals surface area (Å²) in [5, 5.41) is 2.73. The van der Waals surface area contributed by atoms with Crippen LogP contribution >= 0.6 is 11.3 Å². The van der Waals surface area contributed by atoms with Crippen molar-refractivity contribution in [3.63, 3.8) is 0 Å². The summed E-state index contributed by atoms with van der Waals surface area (Å²) in [7, 11) is 0. The molecule has 0 unspecified atom stereocenters. The van der Waals surface area contributed by atoms with Crippen LogP contribution in [0.4, 0.5) is 5.13 Å². The van der Waals surface area contributed by atoms with E-state index in [1.165, 1.54) is 17.0 Å². The maximum atomic E-state index is 5.66. The Balaban J connectivity index is 1.75. The van der Waals surface area contributed by atoms with Gasteiger partial charge in [-0.15, -0.1) is 11.3 Å². The number of thiazole rings is 1. The van der Waals surface area contributed by atoms with Crippen LogP contribution in [0.5, 0.6) is 0 Å². The first-order chi connectivity index (χ1) is 8.15. The normalized spacial score (nSPS) is 23.2. The van der Waals surface area contributed by atoms with Crippen molar-refractivity contribution in [1.29, 1.82) is 0 Å². The van der Waals surface area contributed by atoms with Gasteiger partial charge in [0.1, 0.15) is 0 Å². The molecule has 5 heteroatoms. The molecular weight excluding hydrogens is 232 g/mol. The topological polar surface area (TPSA) is 56.7 Å². The predicted molar refractivity (Wildman–Crippen MR) is 69.2 cm³/mol. The third kappa shape index (κ3) is 1.95. The molecule has 0 aliphatic heterocycles. The first-order valence-electron chi connectivity index (χ1n) is 5.89. The van der Waals surface area contributed by atoms with Crippen molar-refractivity contribution in [2.75, 3.05) is 5.73 Å². The third-order valence-electron chi connectivity index (χ3n) is 3.31. The molecule has 0 bridgehead atoms. The maximum Gasteiger partial charge on any atom is 0.180 e. The number of nitrogens with two attached hydrogens (primary N) is 1. The highest BCUT2D eigenvalue weighted by atomic mass is 32.1. The third-order valence-corrected chi connectivity index (χ3v) is 4.00. The molecule has 1 aliphatic carbocycles. The van der Waals surface area contributed by atoms with Crippen LogP contribution < -0.4 is 5.73 Å². The van der Waals surface area contributed by atoms with Crippen LogP contribution in [0.15, 0.2) is 17.9 Å². The number of anilines is 1. The largest absolute Gasteiger partial charge is 0.375 e. The van der Waals surface area contributed by atoms with Gasteiger partial charge in [0.25, 0.3) is 0 Å². The van der Waals surface area contributed by atoms with Gasteiger partial charge in [0.2, 0.25) is 0 Å². The Labute approximate surface area is 105 Å². The van der Waals surface area contributed by atoms with Gasteiger partial charge in [-0.25, -0.2) is 9.97 Å². The lowest BCUT2D eigenvalue weighted by molar-refractivity contribution is 0.599. The van der Waals surface area contributed by atoms with E-state index in [9.17, 15) is 0 Å². The summed E-state index contributed by atoms with van der Waals surface area (Å²) in [6, 6.07) is 0.475. The van der Waals surface area contributed by atoms with Crippen molar-refractivity contribution in [2.24, 2.45) is 0 Å². The fourth-order valence-electron chi connectivity index (χ4n) is 2.15. The van der Waals surface area contributed by atoms with Crippen molar-refractivity contribution in [1.82, 2.24) is 14.5 Å². The van der Waals surface area contributed by atoms with Crippen LogP contribution in [-0.4, -0.2) is 14.5 Å². The van der Waals surface area contributed by atoms with Crippen LogP contribution in [0.2, 0.25) is 0 Å². The lowest BCUT2D eigenvalue weighted by atomic mass is 10.2. The second-order valence-corrected chi connectivity index (χ2v) is 5.79. The second-order valence-electron chi connectivity index (χ2n) is 4.90. The Morgan fingerprint density at radius 2 is 2.18 bits per heavy atom. The summed E-state index contributed by atoms with van der Waals surface area (Å²) in [4.78, 5) is 8.84. The Morgan fingerprint density at radius 3 is 2.76 bits per heavy atom. The van der Waals surface area contributed by atoms with E-state index < -0.39 is 0 Å². The Bertz CT molecular complexity index is 528. The van der Waals surface area contributed by atoms with Gasteiger partial charge in [-0.05, 0) is 20.3 Å². The van der Waals surface area contributed by atoms with E-state index in [-0.39, 0.29) is 0 Å². The van der Waals surface area contributed by atoms with Crippen LogP contribution in [0.1, 0.15) is 49.5 Å². The molecule has 4 nitrogen and oxygen atoms in total.